The number of rotatable bonds is 2. The smallest absolute Gasteiger partial charge is 0.233 e. The summed E-state index contributed by atoms with van der Waals surface area (Å²) < 4.78 is 5.03. The fourth-order valence-electron chi connectivity index (χ4n) is 0.827. The normalized spacial score (nSPS) is 11.0. The van der Waals surface area contributed by atoms with Crippen molar-refractivity contribution in [2.75, 3.05) is 0 Å². The molecule has 0 fully saturated rings. The lowest BCUT2D eigenvalue weighted by molar-refractivity contribution is 0.365. The Hall–Kier alpha value is -1.30. The van der Waals surface area contributed by atoms with Gasteiger partial charge in [0, 0.05) is 5.92 Å². The van der Waals surface area contributed by atoms with Gasteiger partial charge in [-0.2, -0.15) is 4.98 Å². The van der Waals surface area contributed by atoms with Gasteiger partial charge < -0.3 is 4.52 Å². The Morgan fingerprint density at radius 1 is 1.46 bits per heavy atom. The minimum absolute atomic E-state index is 0.245. The predicted octanol–water partition coefficient (Wildman–Crippen LogP) is 1.71. The molecule has 0 aliphatic rings. The van der Waals surface area contributed by atoms with Gasteiger partial charge in [0.15, 0.2) is 5.01 Å². The van der Waals surface area contributed by atoms with Crippen LogP contribution in [0, 0.1) is 0 Å². The van der Waals surface area contributed by atoms with Crippen LogP contribution in [0.15, 0.2) is 10.0 Å². The molecule has 0 bridgehead atoms. The van der Waals surface area contributed by atoms with Gasteiger partial charge in [-0.05, 0) is 0 Å². The van der Waals surface area contributed by atoms with E-state index in [4.69, 9.17) is 4.52 Å². The number of hydrogen-bond acceptors (Lipinski definition) is 6. The summed E-state index contributed by atoms with van der Waals surface area (Å²) in [7, 11) is 0. The predicted molar refractivity (Wildman–Crippen MR) is 47.3 cm³/mol. The Morgan fingerprint density at radius 3 is 2.85 bits per heavy atom. The summed E-state index contributed by atoms with van der Waals surface area (Å²) in [4.78, 5) is 4.18. The maximum atomic E-state index is 5.03. The highest BCUT2D eigenvalue weighted by atomic mass is 32.1. The van der Waals surface area contributed by atoms with Crippen LogP contribution < -0.4 is 0 Å². The molecule has 0 N–H and O–H groups in total. The van der Waals surface area contributed by atoms with Crippen molar-refractivity contribution < 1.29 is 4.52 Å². The summed E-state index contributed by atoms with van der Waals surface area (Å²) in [5.41, 5.74) is 1.64. The van der Waals surface area contributed by atoms with E-state index < -0.39 is 0 Å². The van der Waals surface area contributed by atoms with Crippen molar-refractivity contribution in [3.8, 4) is 10.8 Å². The second-order valence-corrected chi connectivity index (χ2v) is 3.69. The van der Waals surface area contributed by atoms with Crippen molar-refractivity contribution >= 4 is 11.3 Å². The van der Waals surface area contributed by atoms with E-state index in [1.54, 1.807) is 5.51 Å². The average Bonchev–Trinajstić information content (AvgIpc) is 2.75. The highest BCUT2D eigenvalue weighted by Gasteiger charge is 2.13. The first-order chi connectivity index (χ1) is 6.27. The van der Waals surface area contributed by atoms with Gasteiger partial charge in [-0.15, -0.1) is 10.2 Å². The number of aromatic nitrogens is 4. The maximum Gasteiger partial charge on any atom is 0.233 e. The Balaban J connectivity index is 2.33. The summed E-state index contributed by atoms with van der Waals surface area (Å²) in [6, 6.07) is 0. The molecule has 0 spiro atoms. The highest BCUT2D eigenvalue weighted by Crippen LogP contribution is 2.19. The van der Waals surface area contributed by atoms with Crippen LogP contribution in [0.25, 0.3) is 10.8 Å². The molecule has 2 rings (SSSR count). The zero-order valence-corrected chi connectivity index (χ0v) is 8.08. The molecule has 5 nitrogen and oxygen atoms in total. The van der Waals surface area contributed by atoms with Crippen LogP contribution in [0.2, 0.25) is 0 Å². The van der Waals surface area contributed by atoms with E-state index in [1.165, 1.54) is 11.3 Å². The quantitative estimate of drug-likeness (QED) is 0.731. The van der Waals surface area contributed by atoms with E-state index in [-0.39, 0.29) is 5.92 Å². The summed E-state index contributed by atoms with van der Waals surface area (Å²) >= 11 is 1.39. The van der Waals surface area contributed by atoms with Gasteiger partial charge in [0.25, 0.3) is 0 Å². The van der Waals surface area contributed by atoms with Crippen LogP contribution in [0.5, 0.6) is 0 Å². The first-order valence-corrected chi connectivity index (χ1v) is 4.75. The first kappa shape index (κ1) is 8.31. The van der Waals surface area contributed by atoms with E-state index in [2.05, 4.69) is 20.3 Å². The lowest BCUT2D eigenvalue weighted by atomic mass is 10.2. The van der Waals surface area contributed by atoms with Crippen LogP contribution in [-0.4, -0.2) is 20.3 Å². The topological polar surface area (TPSA) is 64.7 Å². The zero-order chi connectivity index (χ0) is 9.26. The summed E-state index contributed by atoms with van der Waals surface area (Å²) in [6.07, 6.45) is 0. The Bertz CT molecular complexity index is 381. The fourth-order valence-corrected chi connectivity index (χ4v) is 1.30. The molecule has 6 heteroatoms. The molecule has 0 atom stereocenters. The second kappa shape index (κ2) is 3.21. The van der Waals surface area contributed by atoms with Crippen molar-refractivity contribution in [1.82, 2.24) is 20.3 Å². The molecule has 2 aromatic rings. The van der Waals surface area contributed by atoms with E-state index in [0.717, 1.165) is 0 Å². The molecule has 13 heavy (non-hydrogen) atoms. The highest BCUT2D eigenvalue weighted by molar-refractivity contribution is 7.12. The molecule has 2 aromatic heterocycles. The lowest BCUT2D eigenvalue weighted by Crippen LogP contribution is -1.86. The molecular formula is C7H8N4OS. The average molecular weight is 196 g/mol. The Morgan fingerprint density at radius 2 is 2.31 bits per heavy atom. The standard InChI is InChI=1S/C7H8N4OS/c1-4(2)6-9-5(11-12-6)7-10-8-3-13-7/h3-4H,1-2H3. The van der Waals surface area contributed by atoms with Crippen LogP contribution in [0.3, 0.4) is 0 Å². The molecule has 0 aliphatic heterocycles. The van der Waals surface area contributed by atoms with Crippen molar-refractivity contribution in [2.24, 2.45) is 0 Å². The van der Waals surface area contributed by atoms with Crippen molar-refractivity contribution in [1.29, 1.82) is 0 Å². The van der Waals surface area contributed by atoms with Gasteiger partial charge in [0.2, 0.25) is 11.7 Å². The van der Waals surface area contributed by atoms with Crippen LogP contribution >= 0.6 is 11.3 Å². The molecule has 0 aromatic carbocycles. The van der Waals surface area contributed by atoms with Gasteiger partial charge in [0.05, 0.1) is 0 Å². The summed E-state index contributed by atoms with van der Waals surface area (Å²) in [5.74, 6) is 1.39. The third-order valence-corrected chi connectivity index (χ3v) is 2.17. The molecule has 0 amide bonds. The van der Waals surface area contributed by atoms with Crippen LogP contribution in [-0.2, 0) is 0 Å². The van der Waals surface area contributed by atoms with Crippen molar-refractivity contribution in [3.05, 3.63) is 11.4 Å². The minimum atomic E-state index is 0.245. The summed E-state index contributed by atoms with van der Waals surface area (Å²) in [6.45, 7) is 3.99. The number of hydrogen-bond donors (Lipinski definition) is 0. The SMILES string of the molecule is CC(C)c1nc(-c2nncs2)no1. The van der Waals surface area contributed by atoms with Gasteiger partial charge in [0.1, 0.15) is 5.51 Å². The first-order valence-electron chi connectivity index (χ1n) is 3.87. The molecule has 0 saturated carbocycles. The summed E-state index contributed by atoms with van der Waals surface area (Å²) in [5, 5.41) is 12.0. The van der Waals surface area contributed by atoms with Crippen LogP contribution in [0.1, 0.15) is 25.7 Å². The Kier molecular flexibility index (Phi) is 2.05. The molecule has 0 saturated heterocycles. The molecule has 0 aliphatic carbocycles. The van der Waals surface area contributed by atoms with Gasteiger partial charge in [-0.3, -0.25) is 0 Å². The van der Waals surface area contributed by atoms with Crippen molar-refractivity contribution in [2.45, 2.75) is 19.8 Å². The van der Waals surface area contributed by atoms with E-state index in [9.17, 15) is 0 Å². The van der Waals surface area contributed by atoms with Crippen molar-refractivity contribution in [3.63, 3.8) is 0 Å². The molecule has 2 heterocycles. The third-order valence-electron chi connectivity index (χ3n) is 1.49. The van der Waals surface area contributed by atoms with E-state index in [0.29, 0.717) is 16.7 Å². The van der Waals surface area contributed by atoms with Gasteiger partial charge in [-0.1, -0.05) is 30.3 Å². The van der Waals surface area contributed by atoms with Gasteiger partial charge >= 0.3 is 0 Å². The molecule has 0 radical (unpaired) electrons. The Labute approximate surface area is 78.8 Å². The fraction of sp³-hybridized carbons (Fsp3) is 0.429. The van der Waals surface area contributed by atoms with E-state index in [1.807, 2.05) is 13.8 Å². The third kappa shape index (κ3) is 1.57. The molecule has 68 valence electrons. The number of nitrogens with zero attached hydrogens (tertiary/aromatic N) is 4. The molecule has 0 unspecified atom stereocenters. The minimum Gasteiger partial charge on any atom is -0.339 e. The largest absolute Gasteiger partial charge is 0.339 e. The molecular weight excluding hydrogens is 188 g/mol. The van der Waals surface area contributed by atoms with Crippen LogP contribution in [0.4, 0.5) is 0 Å². The monoisotopic (exact) mass is 196 g/mol. The maximum absolute atomic E-state index is 5.03. The van der Waals surface area contributed by atoms with E-state index >= 15 is 0 Å². The second-order valence-electron chi connectivity index (χ2n) is 2.85. The zero-order valence-electron chi connectivity index (χ0n) is 7.26. The van der Waals surface area contributed by atoms with Gasteiger partial charge in [-0.25, -0.2) is 0 Å². The lowest BCUT2D eigenvalue weighted by Gasteiger charge is -1.91.